The molecule has 1 aromatic carbocycles. The Hall–Kier alpha value is -2.93. The lowest BCUT2D eigenvalue weighted by Crippen LogP contribution is -2.30. The van der Waals surface area contributed by atoms with E-state index in [0.717, 1.165) is 42.2 Å². The van der Waals surface area contributed by atoms with Crippen LogP contribution in [0.2, 0.25) is 0 Å². The van der Waals surface area contributed by atoms with Crippen LogP contribution in [0.15, 0.2) is 41.1 Å². The molecular formula is C22H26N4O3. The fourth-order valence-electron chi connectivity index (χ4n) is 3.96. The van der Waals surface area contributed by atoms with Gasteiger partial charge in [0.2, 0.25) is 0 Å². The lowest BCUT2D eigenvalue weighted by Gasteiger charge is -2.18. The summed E-state index contributed by atoms with van der Waals surface area (Å²) in [5.74, 6) is 1.89. The van der Waals surface area contributed by atoms with Gasteiger partial charge in [-0.15, -0.1) is 0 Å². The minimum Gasteiger partial charge on any atom is -0.380 e. The van der Waals surface area contributed by atoms with Crippen LogP contribution in [0.5, 0.6) is 0 Å². The van der Waals surface area contributed by atoms with Gasteiger partial charge < -0.3 is 18.7 Å². The number of amides is 1. The van der Waals surface area contributed by atoms with Gasteiger partial charge in [0, 0.05) is 44.2 Å². The van der Waals surface area contributed by atoms with Gasteiger partial charge in [-0.25, -0.2) is 4.98 Å². The average molecular weight is 394 g/mol. The molecule has 1 fully saturated rings. The van der Waals surface area contributed by atoms with Crippen molar-refractivity contribution in [2.24, 2.45) is 5.92 Å². The lowest BCUT2D eigenvalue weighted by molar-refractivity contribution is 0.0771. The molecule has 0 aliphatic carbocycles. The van der Waals surface area contributed by atoms with Crippen molar-refractivity contribution in [3.63, 3.8) is 0 Å². The van der Waals surface area contributed by atoms with E-state index in [1.165, 1.54) is 0 Å². The topological polar surface area (TPSA) is 73.4 Å². The van der Waals surface area contributed by atoms with Crippen LogP contribution in [0.1, 0.15) is 33.9 Å². The van der Waals surface area contributed by atoms with E-state index in [2.05, 4.69) is 33.8 Å². The second-order valence-electron chi connectivity index (χ2n) is 7.60. The molecule has 1 atom stereocenters. The zero-order valence-corrected chi connectivity index (χ0v) is 17.1. The highest BCUT2D eigenvalue weighted by Crippen LogP contribution is 2.26. The third-order valence-electron chi connectivity index (χ3n) is 5.58. The van der Waals surface area contributed by atoms with E-state index in [9.17, 15) is 4.79 Å². The Morgan fingerprint density at radius 2 is 2.07 bits per heavy atom. The van der Waals surface area contributed by atoms with Crippen molar-refractivity contribution >= 4 is 5.91 Å². The van der Waals surface area contributed by atoms with Crippen LogP contribution >= 0.6 is 0 Å². The summed E-state index contributed by atoms with van der Waals surface area (Å²) in [5.41, 5.74) is 3.34. The molecule has 7 heteroatoms. The Kier molecular flexibility index (Phi) is 5.49. The van der Waals surface area contributed by atoms with Crippen LogP contribution in [0.25, 0.3) is 11.4 Å². The molecule has 7 nitrogen and oxygen atoms in total. The number of aromatic nitrogens is 3. The summed E-state index contributed by atoms with van der Waals surface area (Å²) in [6, 6.07) is 10.2. The van der Waals surface area contributed by atoms with Crippen molar-refractivity contribution < 1.29 is 14.1 Å². The number of aryl methyl sites for hydroxylation is 2. The zero-order valence-electron chi connectivity index (χ0n) is 17.1. The van der Waals surface area contributed by atoms with E-state index < -0.39 is 0 Å². The van der Waals surface area contributed by atoms with E-state index >= 15 is 0 Å². The molecule has 0 saturated carbocycles. The Morgan fingerprint density at radius 3 is 2.83 bits per heavy atom. The molecule has 1 unspecified atom stereocenters. The number of benzene rings is 1. The largest absolute Gasteiger partial charge is 0.380 e. The number of carbonyl (C=O) groups is 1. The summed E-state index contributed by atoms with van der Waals surface area (Å²) in [5, 5.41) is 3.99. The number of ether oxygens (including phenoxy) is 1. The van der Waals surface area contributed by atoms with Crippen LogP contribution in [0, 0.1) is 19.8 Å². The first-order valence-electron chi connectivity index (χ1n) is 9.89. The fourth-order valence-corrected chi connectivity index (χ4v) is 3.96. The molecule has 1 saturated heterocycles. The highest BCUT2D eigenvalue weighted by Gasteiger charge is 2.31. The summed E-state index contributed by atoms with van der Waals surface area (Å²) in [4.78, 5) is 19.5. The van der Waals surface area contributed by atoms with E-state index in [1.54, 1.807) is 14.0 Å². The molecule has 29 heavy (non-hydrogen) atoms. The Balaban J connectivity index is 1.48. The highest BCUT2D eigenvalue weighted by atomic mass is 16.5. The summed E-state index contributed by atoms with van der Waals surface area (Å²) in [6.45, 7) is 6.45. The number of carbonyl (C=O) groups excluding carboxylic acids is 1. The van der Waals surface area contributed by atoms with Crippen molar-refractivity contribution in [2.75, 3.05) is 20.2 Å². The SMILES string of the molecule is COCc1c(C(=O)N2CCC(Cn3c(C)cnc3-c3ccccc3)C2)noc1C. The van der Waals surface area contributed by atoms with Crippen LogP contribution in [-0.2, 0) is 17.9 Å². The van der Waals surface area contributed by atoms with Gasteiger partial charge >= 0.3 is 0 Å². The first kappa shape index (κ1) is 19.4. The average Bonchev–Trinajstić information content (AvgIpc) is 3.44. The van der Waals surface area contributed by atoms with E-state index in [-0.39, 0.29) is 5.91 Å². The fraction of sp³-hybridized carbons (Fsp3) is 0.409. The maximum absolute atomic E-state index is 13.0. The van der Waals surface area contributed by atoms with Crippen molar-refractivity contribution in [3.8, 4) is 11.4 Å². The Bertz CT molecular complexity index is 993. The van der Waals surface area contributed by atoms with Crippen LogP contribution < -0.4 is 0 Å². The first-order valence-corrected chi connectivity index (χ1v) is 9.89. The monoisotopic (exact) mass is 394 g/mol. The van der Waals surface area contributed by atoms with Gasteiger partial charge in [0.05, 0.1) is 12.2 Å². The minimum atomic E-state index is -0.0814. The third kappa shape index (κ3) is 3.82. The number of likely N-dealkylation sites (tertiary alicyclic amines) is 1. The Labute approximate surface area is 170 Å². The first-order chi connectivity index (χ1) is 14.1. The Morgan fingerprint density at radius 1 is 1.28 bits per heavy atom. The number of imidazole rings is 1. The summed E-state index contributed by atoms with van der Waals surface area (Å²) in [6.07, 6.45) is 2.86. The second kappa shape index (κ2) is 8.21. The summed E-state index contributed by atoms with van der Waals surface area (Å²) in [7, 11) is 1.60. The molecule has 1 aliphatic heterocycles. The number of nitrogens with zero attached hydrogens (tertiary/aromatic N) is 4. The van der Waals surface area contributed by atoms with Crippen molar-refractivity contribution in [2.45, 2.75) is 33.4 Å². The van der Waals surface area contributed by atoms with E-state index in [1.807, 2.05) is 29.3 Å². The summed E-state index contributed by atoms with van der Waals surface area (Å²) >= 11 is 0. The number of hydrogen-bond acceptors (Lipinski definition) is 5. The van der Waals surface area contributed by atoms with Gasteiger partial charge in [-0.3, -0.25) is 4.79 Å². The zero-order chi connectivity index (χ0) is 20.4. The molecule has 0 spiro atoms. The number of methoxy groups -OCH3 is 1. The molecule has 152 valence electrons. The molecule has 2 aromatic heterocycles. The van der Waals surface area contributed by atoms with Gasteiger partial charge in [0.25, 0.3) is 5.91 Å². The quantitative estimate of drug-likeness (QED) is 0.640. The third-order valence-corrected chi connectivity index (χ3v) is 5.58. The van der Waals surface area contributed by atoms with E-state index in [4.69, 9.17) is 9.26 Å². The lowest BCUT2D eigenvalue weighted by atomic mass is 10.1. The van der Waals surface area contributed by atoms with Crippen LogP contribution in [0.4, 0.5) is 0 Å². The highest BCUT2D eigenvalue weighted by molar-refractivity contribution is 5.94. The second-order valence-corrected chi connectivity index (χ2v) is 7.60. The minimum absolute atomic E-state index is 0.0814. The molecule has 1 aliphatic rings. The van der Waals surface area contributed by atoms with Gasteiger partial charge in [0.1, 0.15) is 11.6 Å². The molecule has 3 heterocycles. The maximum Gasteiger partial charge on any atom is 0.276 e. The molecule has 3 aromatic rings. The van der Waals surface area contributed by atoms with Gasteiger partial charge in [-0.2, -0.15) is 0 Å². The summed E-state index contributed by atoms with van der Waals surface area (Å²) < 4.78 is 12.7. The molecular weight excluding hydrogens is 368 g/mol. The van der Waals surface area contributed by atoms with Crippen LogP contribution in [0.3, 0.4) is 0 Å². The number of rotatable bonds is 6. The molecule has 1 amide bonds. The van der Waals surface area contributed by atoms with E-state index in [0.29, 0.717) is 30.5 Å². The van der Waals surface area contributed by atoms with Gasteiger partial charge in [-0.1, -0.05) is 35.5 Å². The molecule has 4 rings (SSSR count). The van der Waals surface area contributed by atoms with Crippen molar-refractivity contribution in [1.29, 1.82) is 0 Å². The molecule has 0 bridgehead atoms. The van der Waals surface area contributed by atoms with Crippen molar-refractivity contribution in [3.05, 3.63) is 59.2 Å². The molecule has 0 radical (unpaired) electrons. The maximum atomic E-state index is 13.0. The van der Waals surface area contributed by atoms with Gasteiger partial charge in [-0.05, 0) is 26.2 Å². The number of hydrogen-bond donors (Lipinski definition) is 0. The predicted octanol–water partition coefficient (Wildman–Crippen LogP) is 3.46. The molecule has 0 N–H and O–H groups in total. The van der Waals surface area contributed by atoms with Crippen molar-refractivity contribution in [1.82, 2.24) is 19.6 Å². The van der Waals surface area contributed by atoms with Crippen LogP contribution in [-0.4, -0.2) is 45.7 Å². The predicted molar refractivity (Wildman–Crippen MR) is 108 cm³/mol. The standard InChI is InChI=1S/C22H26N4O3/c1-15-11-23-21(18-7-5-4-6-8-18)26(15)13-17-9-10-25(12-17)22(27)20-19(14-28-3)16(2)29-24-20/h4-8,11,17H,9-10,12-14H2,1-3H3. The normalized spacial score (nSPS) is 16.5. The smallest absolute Gasteiger partial charge is 0.276 e. The van der Waals surface area contributed by atoms with Gasteiger partial charge in [0.15, 0.2) is 5.69 Å².